The van der Waals surface area contributed by atoms with Crippen molar-refractivity contribution in [2.45, 2.75) is 310 Å². The molecule has 77 heavy (non-hydrogen) atoms. The van der Waals surface area contributed by atoms with Gasteiger partial charge in [0.15, 0.2) is 0 Å². The van der Waals surface area contributed by atoms with Crippen LogP contribution in [0, 0.1) is 11.8 Å². The predicted molar refractivity (Wildman–Crippen MR) is 328 cm³/mol. The SMILES string of the molecule is CCCCCCCCCCCCCCCCCCN(CCC1CCCN1C)C(C(=O)NCCOCCOCCNC(=O)C(C(C)C)N(CCC1CCCN1C)C(=O)CCCCCCCCCCCCCCCCC)C(C)C. The number of unbranched alkanes of at least 4 members (excludes halogenated alkanes) is 29. The topological polar surface area (TPSA) is 107 Å². The first kappa shape index (κ1) is 71.3. The standard InChI is InChI=1S/C66H130N6O5/c1-9-11-13-15-17-19-21-23-25-27-29-31-33-35-37-39-51-71(52-45-60-42-40-49-69(60)7)63(58(3)4)65(74)67-47-54-76-56-57-77-55-48-68-66(75)64(59(5)6)72(53-46-61-43-41-50-70(61)8)62(73)44-38-36-34-32-30-28-26-24-22-20-18-16-14-12-10-2/h58-61,63-64H,9-57H2,1-8H3,(H,67,74)(H,68,75). The number of nitrogens with one attached hydrogen (secondary N) is 2. The number of likely N-dealkylation sites (tertiary alicyclic amines) is 2. The van der Waals surface area contributed by atoms with Crippen molar-refractivity contribution in [3.8, 4) is 0 Å². The molecular formula is C66H130N6O5. The van der Waals surface area contributed by atoms with Crippen LogP contribution in [0.25, 0.3) is 0 Å². The zero-order chi connectivity index (χ0) is 56.0. The van der Waals surface area contributed by atoms with Gasteiger partial charge in [-0.05, 0) is 96.9 Å². The number of carbonyl (C=O) groups is 3. The highest BCUT2D eigenvalue weighted by molar-refractivity contribution is 5.88. The summed E-state index contributed by atoms with van der Waals surface area (Å²) in [5.41, 5.74) is 0. The van der Waals surface area contributed by atoms with Crippen LogP contribution in [0.3, 0.4) is 0 Å². The highest BCUT2D eigenvalue weighted by Gasteiger charge is 2.34. The van der Waals surface area contributed by atoms with Crippen LogP contribution in [0.2, 0.25) is 0 Å². The van der Waals surface area contributed by atoms with E-state index in [2.05, 4.69) is 81.0 Å². The van der Waals surface area contributed by atoms with E-state index in [-0.39, 0.29) is 35.6 Å². The third-order valence-corrected chi connectivity index (χ3v) is 17.4. The maximum absolute atomic E-state index is 13.9. The molecule has 2 rings (SSSR count). The van der Waals surface area contributed by atoms with Crippen molar-refractivity contribution in [3.63, 3.8) is 0 Å². The molecule has 2 aliphatic heterocycles. The molecule has 11 nitrogen and oxygen atoms in total. The summed E-state index contributed by atoms with van der Waals surface area (Å²) in [6.07, 6.45) is 48.8. The van der Waals surface area contributed by atoms with Gasteiger partial charge in [0.2, 0.25) is 17.7 Å². The number of amides is 3. The summed E-state index contributed by atoms with van der Waals surface area (Å²) < 4.78 is 11.8. The highest BCUT2D eigenvalue weighted by Crippen LogP contribution is 2.24. The highest BCUT2D eigenvalue weighted by atomic mass is 16.5. The predicted octanol–water partition coefficient (Wildman–Crippen LogP) is 14.9. The lowest BCUT2D eigenvalue weighted by molar-refractivity contribution is -0.142. The fourth-order valence-corrected chi connectivity index (χ4v) is 12.5. The number of ether oxygens (including phenoxy) is 2. The zero-order valence-corrected chi connectivity index (χ0v) is 52.4. The third kappa shape index (κ3) is 35.6. The van der Waals surface area contributed by atoms with E-state index in [9.17, 15) is 14.4 Å². The minimum Gasteiger partial charge on any atom is -0.377 e. The molecule has 2 heterocycles. The quantitative estimate of drug-likeness (QED) is 0.0580. The van der Waals surface area contributed by atoms with E-state index in [1.54, 1.807) is 0 Å². The Bertz CT molecular complexity index is 1390. The van der Waals surface area contributed by atoms with Gasteiger partial charge in [0.25, 0.3) is 0 Å². The molecule has 4 atom stereocenters. The van der Waals surface area contributed by atoms with Crippen LogP contribution in [0.1, 0.15) is 286 Å². The summed E-state index contributed by atoms with van der Waals surface area (Å²) >= 11 is 0. The second kappa shape index (κ2) is 48.9. The van der Waals surface area contributed by atoms with Crippen molar-refractivity contribution in [2.75, 3.05) is 86.3 Å². The number of hydrogen-bond acceptors (Lipinski definition) is 8. The summed E-state index contributed by atoms with van der Waals surface area (Å²) in [6.45, 7) is 20.4. The molecule has 11 heteroatoms. The Kier molecular flexibility index (Phi) is 45.3. The molecular weight excluding hydrogens is 957 g/mol. The van der Waals surface area contributed by atoms with E-state index >= 15 is 0 Å². The lowest BCUT2D eigenvalue weighted by Gasteiger charge is -2.35. The molecule has 3 amide bonds. The maximum Gasteiger partial charge on any atom is 0.243 e. The number of carbonyl (C=O) groups excluding carboxylic acids is 3. The van der Waals surface area contributed by atoms with Gasteiger partial charge in [0.05, 0.1) is 32.5 Å². The van der Waals surface area contributed by atoms with Crippen LogP contribution in [-0.4, -0.2) is 148 Å². The van der Waals surface area contributed by atoms with Crippen molar-refractivity contribution >= 4 is 17.7 Å². The fourth-order valence-electron chi connectivity index (χ4n) is 12.5. The number of rotatable bonds is 54. The van der Waals surface area contributed by atoms with E-state index in [0.717, 1.165) is 58.2 Å². The summed E-state index contributed by atoms with van der Waals surface area (Å²) in [4.78, 5) is 51.0. The first-order valence-corrected chi connectivity index (χ1v) is 33.7. The molecule has 0 aromatic rings. The number of hydrogen-bond donors (Lipinski definition) is 2. The minimum absolute atomic E-state index is 0.00221. The summed E-state index contributed by atoms with van der Waals surface area (Å²) in [6, 6.07) is 0.424. The molecule has 2 N–H and O–H groups in total. The van der Waals surface area contributed by atoms with Gasteiger partial charge in [0.1, 0.15) is 6.04 Å². The van der Waals surface area contributed by atoms with Crippen LogP contribution < -0.4 is 10.6 Å². The summed E-state index contributed by atoms with van der Waals surface area (Å²) in [7, 11) is 4.44. The molecule has 0 radical (unpaired) electrons. The van der Waals surface area contributed by atoms with Gasteiger partial charge >= 0.3 is 0 Å². The second-order valence-electron chi connectivity index (χ2n) is 24.9. The molecule has 4 unspecified atom stereocenters. The van der Waals surface area contributed by atoms with Crippen molar-refractivity contribution in [3.05, 3.63) is 0 Å². The molecule has 0 aromatic heterocycles. The molecule has 0 bridgehead atoms. The van der Waals surface area contributed by atoms with Gasteiger partial charge in [-0.25, -0.2) is 0 Å². The van der Waals surface area contributed by atoms with E-state index in [1.807, 2.05) is 4.90 Å². The smallest absolute Gasteiger partial charge is 0.243 e. The normalized spacial score (nSPS) is 17.1. The van der Waals surface area contributed by atoms with Gasteiger partial charge in [-0.15, -0.1) is 0 Å². The average molecular weight is 1090 g/mol. The van der Waals surface area contributed by atoms with Gasteiger partial charge in [-0.1, -0.05) is 228 Å². The Morgan fingerprint density at radius 3 is 1.17 bits per heavy atom. The monoisotopic (exact) mass is 1090 g/mol. The first-order chi connectivity index (χ1) is 37.5. The lowest BCUT2D eigenvalue weighted by Crippen LogP contribution is -2.53. The Hall–Kier alpha value is -1.79. The third-order valence-electron chi connectivity index (χ3n) is 17.4. The minimum atomic E-state index is -0.501. The van der Waals surface area contributed by atoms with E-state index in [4.69, 9.17) is 9.47 Å². The maximum atomic E-state index is 13.9. The van der Waals surface area contributed by atoms with Crippen molar-refractivity contribution < 1.29 is 23.9 Å². The summed E-state index contributed by atoms with van der Waals surface area (Å²) in [5.74, 6) is 0.359. The van der Waals surface area contributed by atoms with Gasteiger partial charge in [-0.3, -0.25) is 19.3 Å². The Balaban J connectivity index is 1.70. The molecule has 2 fully saturated rings. The molecule has 2 aliphatic rings. The first-order valence-electron chi connectivity index (χ1n) is 33.7. The molecule has 0 aromatic carbocycles. The van der Waals surface area contributed by atoms with E-state index in [1.165, 1.54) is 206 Å². The van der Waals surface area contributed by atoms with E-state index < -0.39 is 6.04 Å². The van der Waals surface area contributed by atoms with E-state index in [0.29, 0.717) is 64.6 Å². The fraction of sp³-hybridized carbons (Fsp3) is 0.955. The van der Waals surface area contributed by atoms with Crippen LogP contribution >= 0.6 is 0 Å². The van der Waals surface area contributed by atoms with Crippen LogP contribution in [-0.2, 0) is 23.9 Å². The van der Waals surface area contributed by atoms with Gasteiger partial charge < -0.3 is 34.8 Å². The molecule has 0 aliphatic carbocycles. The Morgan fingerprint density at radius 1 is 0.455 bits per heavy atom. The number of nitrogens with zero attached hydrogens (tertiary/aromatic N) is 4. The van der Waals surface area contributed by atoms with Crippen LogP contribution in [0.15, 0.2) is 0 Å². The van der Waals surface area contributed by atoms with Crippen molar-refractivity contribution in [1.29, 1.82) is 0 Å². The molecule has 454 valence electrons. The van der Waals surface area contributed by atoms with Crippen LogP contribution in [0.4, 0.5) is 0 Å². The van der Waals surface area contributed by atoms with Crippen molar-refractivity contribution in [1.82, 2.24) is 30.2 Å². The molecule has 2 saturated heterocycles. The zero-order valence-electron chi connectivity index (χ0n) is 52.4. The average Bonchev–Trinajstić information content (AvgIpc) is 4.03. The Morgan fingerprint density at radius 2 is 0.805 bits per heavy atom. The Labute approximate surface area is 477 Å². The largest absolute Gasteiger partial charge is 0.377 e. The van der Waals surface area contributed by atoms with Gasteiger partial charge in [0, 0.05) is 44.7 Å². The summed E-state index contributed by atoms with van der Waals surface area (Å²) in [5, 5.41) is 6.34. The van der Waals surface area contributed by atoms with Crippen molar-refractivity contribution in [2.24, 2.45) is 11.8 Å². The van der Waals surface area contributed by atoms with Crippen LogP contribution in [0.5, 0.6) is 0 Å². The second-order valence-corrected chi connectivity index (χ2v) is 24.9. The molecule has 0 saturated carbocycles. The lowest BCUT2D eigenvalue weighted by atomic mass is 9.99. The molecule has 0 spiro atoms. The van der Waals surface area contributed by atoms with Gasteiger partial charge in [-0.2, -0.15) is 0 Å².